The van der Waals surface area contributed by atoms with Gasteiger partial charge in [-0.25, -0.2) is 17.6 Å². The SMILES string of the molecule is CCCC(=O)Nc1nn(C#N)cc1-c1c(F)c(F)c(C(F)(F)F)c(F)c1F. The summed E-state index contributed by atoms with van der Waals surface area (Å²) in [4.78, 5) is 11.7. The number of nitriles is 1. The number of nitrogens with zero attached hydrogens (tertiary/aromatic N) is 3. The van der Waals surface area contributed by atoms with E-state index in [-0.39, 0.29) is 6.42 Å². The van der Waals surface area contributed by atoms with Crippen LogP contribution in [0.25, 0.3) is 11.1 Å². The van der Waals surface area contributed by atoms with Crippen LogP contribution in [0.2, 0.25) is 0 Å². The first-order valence-electron chi connectivity index (χ1n) is 7.26. The van der Waals surface area contributed by atoms with Gasteiger partial charge < -0.3 is 5.32 Å². The molecule has 0 aliphatic heterocycles. The molecule has 2 rings (SSSR count). The lowest BCUT2D eigenvalue weighted by atomic mass is 10.0. The molecular weight excluding hydrogens is 385 g/mol. The Labute approximate surface area is 147 Å². The van der Waals surface area contributed by atoms with Crippen molar-refractivity contribution in [3.8, 4) is 17.3 Å². The minimum absolute atomic E-state index is 0.0560. The van der Waals surface area contributed by atoms with E-state index in [2.05, 4.69) is 10.4 Å². The van der Waals surface area contributed by atoms with E-state index in [4.69, 9.17) is 5.26 Å². The summed E-state index contributed by atoms with van der Waals surface area (Å²) >= 11 is 0. The summed E-state index contributed by atoms with van der Waals surface area (Å²) in [7, 11) is 0. The third-order valence-electron chi connectivity index (χ3n) is 3.37. The molecular formula is C15H9F7N4O. The summed E-state index contributed by atoms with van der Waals surface area (Å²) in [5, 5.41) is 14.4. The first-order valence-corrected chi connectivity index (χ1v) is 7.26. The Balaban J connectivity index is 2.75. The molecule has 0 spiro atoms. The topological polar surface area (TPSA) is 70.7 Å². The molecule has 0 saturated carbocycles. The van der Waals surface area contributed by atoms with Gasteiger partial charge in [-0.05, 0) is 6.42 Å². The van der Waals surface area contributed by atoms with E-state index in [1.54, 1.807) is 6.92 Å². The average molecular weight is 394 g/mol. The van der Waals surface area contributed by atoms with Crippen LogP contribution < -0.4 is 5.32 Å². The molecule has 12 heteroatoms. The van der Waals surface area contributed by atoms with Crippen LogP contribution in [0.4, 0.5) is 36.6 Å². The van der Waals surface area contributed by atoms with E-state index in [0.717, 1.165) is 0 Å². The fourth-order valence-electron chi connectivity index (χ4n) is 2.24. The quantitative estimate of drug-likeness (QED) is 0.624. The maximum Gasteiger partial charge on any atom is 0.422 e. The number of rotatable bonds is 4. The molecule has 1 heterocycles. The highest BCUT2D eigenvalue weighted by molar-refractivity contribution is 5.94. The number of halogens is 7. The maximum absolute atomic E-state index is 14.2. The Bertz CT molecular complexity index is 914. The van der Waals surface area contributed by atoms with Crippen molar-refractivity contribution in [2.24, 2.45) is 0 Å². The monoisotopic (exact) mass is 394 g/mol. The van der Waals surface area contributed by atoms with Gasteiger partial charge in [0, 0.05) is 6.42 Å². The molecule has 0 aliphatic rings. The van der Waals surface area contributed by atoms with Crippen molar-refractivity contribution < 1.29 is 35.5 Å². The smallest absolute Gasteiger partial charge is 0.309 e. The van der Waals surface area contributed by atoms with Crippen molar-refractivity contribution in [3.63, 3.8) is 0 Å². The van der Waals surface area contributed by atoms with E-state index in [1.165, 1.54) is 6.19 Å². The number of nitrogens with one attached hydrogen (secondary N) is 1. The molecule has 5 nitrogen and oxygen atoms in total. The molecule has 0 fully saturated rings. The van der Waals surface area contributed by atoms with E-state index >= 15 is 0 Å². The Kier molecular flexibility index (Phi) is 5.43. The number of carbonyl (C=O) groups is 1. The van der Waals surface area contributed by atoms with Gasteiger partial charge in [0.15, 0.2) is 29.1 Å². The van der Waals surface area contributed by atoms with E-state index in [1.807, 2.05) is 0 Å². The molecule has 0 bridgehead atoms. The minimum Gasteiger partial charge on any atom is -0.309 e. The minimum atomic E-state index is -5.69. The van der Waals surface area contributed by atoms with E-state index < -0.39 is 57.9 Å². The first kappa shape index (κ1) is 20.2. The molecule has 1 aromatic heterocycles. The second-order valence-electron chi connectivity index (χ2n) is 5.24. The van der Waals surface area contributed by atoms with E-state index in [0.29, 0.717) is 17.3 Å². The van der Waals surface area contributed by atoms with Crippen molar-refractivity contribution in [2.75, 3.05) is 5.32 Å². The Morgan fingerprint density at radius 2 is 1.74 bits per heavy atom. The zero-order chi connectivity index (χ0) is 20.5. The normalized spacial score (nSPS) is 11.4. The van der Waals surface area contributed by atoms with Gasteiger partial charge in [0.25, 0.3) is 0 Å². The number of hydrogen-bond acceptors (Lipinski definition) is 3. The number of hydrogen-bond donors (Lipinski definition) is 1. The summed E-state index contributed by atoms with van der Waals surface area (Å²) < 4.78 is 94.4. The highest BCUT2D eigenvalue weighted by Crippen LogP contribution is 2.41. The van der Waals surface area contributed by atoms with Crippen molar-refractivity contribution in [1.82, 2.24) is 9.78 Å². The van der Waals surface area contributed by atoms with E-state index in [9.17, 15) is 35.5 Å². The summed E-state index contributed by atoms with van der Waals surface area (Å²) in [6.45, 7) is 1.63. The summed E-state index contributed by atoms with van der Waals surface area (Å²) in [5.74, 6) is -11.4. The fraction of sp³-hybridized carbons (Fsp3) is 0.267. The van der Waals surface area contributed by atoms with Gasteiger partial charge in [-0.1, -0.05) is 6.92 Å². The van der Waals surface area contributed by atoms with Crippen LogP contribution in [0.15, 0.2) is 6.20 Å². The molecule has 0 unspecified atom stereocenters. The number of anilines is 1. The number of amides is 1. The standard InChI is InChI=1S/C15H9F7N4O/c1-2-3-7(27)24-14-6(4-26(5-23)25-14)8-10(16)12(18)9(15(20,21)22)13(19)11(8)17/h4H,2-3H2,1H3,(H,24,25,27). The molecule has 0 atom stereocenters. The molecule has 1 aromatic carbocycles. The van der Waals surface area contributed by atoms with Crippen molar-refractivity contribution in [3.05, 3.63) is 35.0 Å². The molecule has 1 N–H and O–H groups in total. The van der Waals surface area contributed by atoms with Gasteiger partial charge in [0.2, 0.25) is 12.1 Å². The van der Waals surface area contributed by atoms with Crippen LogP contribution in [0.1, 0.15) is 25.3 Å². The van der Waals surface area contributed by atoms with Gasteiger partial charge in [0.1, 0.15) is 5.56 Å². The first-order chi connectivity index (χ1) is 12.5. The van der Waals surface area contributed by atoms with Crippen LogP contribution >= 0.6 is 0 Å². The van der Waals surface area contributed by atoms with Gasteiger partial charge in [-0.15, -0.1) is 5.10 Å². The van der Waals surface area contributed by atoms with Crippen LogP contribution in [0.3, 0.4) is 0 Å². The Hall–Kier alpha value is -3.10. The molecule has 0 saturated heterocycles. The van der Waals surface area contributed by atoms with Crippen LogP contribution in [0.5, 0.6) is 0 Å². The summed E-state index contributed by atoms with van der Waals surface area (Å²) in [6.07, 6.45) is -3.36. The third kappa shape index (κ3) is 3.71. The average Bonchev–Trinajstić information content (AvgIpc) is 2.95. The van der Waals surface area contributed by atoms with Crippen LogP contribution in [-0.2, 0) is 11.0 Å². The molecule has 1 amide bonds. The predicted molar refractivity (Wildman–Crippen MR) is 77.0 cm³/mol. The molecule has 0 radical (unpaired) electrons. The molecule has 2 aromatic rings. The third-order valence-corrected chi connectivity index (χ3v) is 3.37. The van der Waals surface area contributed by atoms with Gasteiger partial charge >= 0.3 is 6.18 Å². The number of carbonyl (C=O) groups excluding carboxylic acids is 1. The zero-order valence-corrected chi connectivity index (χ0v) is 13.4. The number of alkyl halides is 3. The predicted octanol–water partition coefficient (Wildman–Crippen LogP) is 4.19. The number of aromatic nitrogens is 2. The highest BCUT2D eigenvalue weighted by Gasteiger charge is 2.43. The lowest BCUT2D eigenvalue weighted by Crippen LogP contribution is -2.16. The maximum atomic E-state index is 14.2. The molecule has 27 heavy (non-hydrogen) atoms. The van der Waals surface area contributed by atoms with Gasteiger partial charge in [-0.3, -0.25) is 4.79 Å². The van der Waals surface area contributed by atoms with Crippen LogP contribution in [-0.4, -0.2) is 15.7 Å². The highest BCUT2D eigenvalue weighted by atomic mass is 19.4. The molecule has 0 aliphatic carbocycles. The van der Waals surface area contributed by atoms with Crippen LogP contribution in [0, 0.1) is 34.7 Å². The summed E-state index contributed by atoms with van der Waals surface area (Å²) in [5.41, 5.74) is -5.07. The van der Waals surface area contributed by atoms with Crippen molar-refractivity contribution in [1.29, 1.82) is 5.26 Å². The second-order valence-corrected chi connectivity index (χ2v) is 5.24. The van der Waals surface area contributed by atoms with Crippen molar-refractivity contribution >= 4 is 11.7 Å². The fourth-order valence-corrected chi connectivity index (χ4v) is 2.24. The Morgan fingerprint density at radius 3 is 2.19 bits per heavy atom. The lowest BCUT2D eigenvalue weighted by Gasteiger charge is -2.14. The number of benzene rings is 1. The second kappa shape index (κ2) is 7.26. The lowest BCUT2D eigenvalue weighted by molar-refractivity contribution is -0.143. The summed E-state index contributed by atoms with van der Waals surface area (Å²) in [6, 6.07) is 0. The molecule has 144 valence electrons. The largest absolute Gasteiger partial charge is 0.422 e. The van der Waals surface area contributed by atoms with Gasteiger partial charge in [-0.2, -0.15) is 23.1 Å². The van der Waals surface area contributed by atoms with Crippen molar-refractivity contribution in [2.45, 2.75) is 25.9 Å². The Morgan fingerprint density at radius 1 is 1.19 bits per heavy atom. The zero-order valence-electron chi connectivity index (χ0n) is 13.4. The van der Waals surface area contributed by atoms with Gasteiger partial charge in [0.05, 0.1) is 17.3 Å².